The van der Waals surface area contributed by atoms with Gasteiger partial charge < -0.3 is 4.98 Å². The van der Waals surface area contributed by atoms with Crippen LogP contribution < -0.4 is 0 Å². The normalized spacial score (nSPS) is 16.0. The van der Waals surface area contributed by atoms with Gasteiger partial charge in [-0.25, -0.2) is 4.98 Å². The molecule has 2 aromatic heterocycles. The molecule has 3 heteroatoms. The summed E-state index contributed by atoms with van der Waals surface area (Å²) in [5.74, 6) is 0.698. The molecule has 14 heavy (non-hydrogen) atoms. The monoisotopic (exact) mass is 186 g/mol. The number of H-pyrrole nitrogens is 1. The van der Waals surface area contributed by atoms with Gasteiger partial charge in [0, 0.05) is 22.8 Å². The fourth-order valence-electron chi connectivity index (χ4n) is 1.73. The molecule has 0 bridgehead atoms. The highest BCUT2D eigenvalue weighted by Gasteiger charge is 2.25. The largest absolute Gasteiger partial charge is 0.343 e. The zero-order chi connectivity index (χ0) is 9.54. The van der Waals surface area contributed by atoms with Crippen molar-refractivity contribution in [2.24, 2.45) is 0 Å². The SMILES string of the molecule is O=Cc1cnc2[nH]c(C3CC3)cc2c1. The lowest BCUT2D eigenvalue weighted by atomic mass is 10.2. The Bertz CT molecular complexity index is 497. The Morgan fingerprint density at radius 2 is 2.29 bits per heavy atom. The maximum Gasteiger partial charge on any atom is 0.151 e. The number of aromatic amines is 1. The average Bonchev–Trinajstić information content (AvgIpc) is 2.97. The molecule has 0 radical (unpaired) electrons. The first-order valence-corrected chi connectivity index (χ1v) is 4.80. The number of aldehydes is 1. The molecule has 2 aromatic rings. The lowest BCUT2D eigenvalue weighted by molar-refractivity contribution is 0.112. The van der Waals surface area contributed by atoms with Crippen molar-refractivity contribution >= 4 is 17.3 Å². The third-order valence-electron chi connectivity index (χ3n) is 2.67. The minimum Gasteiger partial charge on any atom is -0.343 e. The molecule has 1 aliphatic carbocycles. The summed E-state index contributed by atoms with van der Waals surface area (Å²) in [5, 5.41) is 1.04. The number of fused-ring (bicyclic) bond motifs is 1. The molecule has 0 aliphatic heterocycles. The second-order valence-corrected chi connectivity index (χ2v) is 3.82. The number of nitrogens with one attached hydrogen (secondary N) is 1. The van der Waals surface area contributed by atoms with Gasteiger partial charge in [0.05, 0.1) is 0 Å². The summed E-state index contributed by atoms with van der Waals surface area (Å²) >= 11 is 0. The van der Waals surface area contributed by atoms with Gasteiger partial charge >= 0.3 is 0 Å². The smallest absolute Gasteiger partial charge is 0.151 e. The van der Waals surface area contributed by atoms with Crippen LogP contribution in [0.5, 0.6) is 0 Å². The molecule has 1 N–H and O–H groups in total. The van der Waals surface area contributed by atoms with E-state index in [1.807, 2.05) is 6.07 Å². The Balaban J connectivity index is 2.17. The zero-order valence-corrected chi connectivity index (χ0v) is 7.66. The Morgan fingerprint density at radius 1 is 1.43 bits per heavy atom. The van der Waals surface area contributed by atoms with Crippen molar-refractivity contribution < 1.29 is 4.79 Å². The van der Waals surface area contributed by atoms with Crippen LogP contribution >= 0.6 is 0 Å². The van der Waals surface area contributed by atoms with Crippen LogP contribution in [0.3, 0.4) is 0 Å². The van der Waals surface area contributed by atoms with Crippen LogP contribution in [0.25, 0.3) is 11.0 Å². The molecule has 0 aromatic carbocycles. The van der Waals surface area contributed by atoms with Gasteiger partial charge in [0.15, 0.2) is 6.29 Å². The summed E-state index contributed by atoms with van der Waals surface area (Å²) in [6.45, 7) is 0. The van der Waals surface area contributed by atoms with E-state index in [1.165, 1.54) is 18.5 Å². The van der Waals surface area contributed by atoms with Crippen LogP contribution in [0.2, 0.25) is 0 Å². The molecule has 2 heterocycles. The number of hydrogen-bond donors (Lipinski definition) is 1. The number of carbonyl (C=O) groups is 1. The van der Waals surface area contributed by atoms with Gasteiger partial charge in [0.2, 0.25) is 0 Å². The van der Waals surface area contributed by atoms with E-state index in [-0.39, 0.29) is 0 Å². The maximum atomic E-state index is 10.6. The van der Waals surface area contributed by atoms with E-state index >= 15 is 0 Å². The molecule has 0 atom stereocenters. The Kier molecular flexibility index (Phi) is 1.48. The van der Waals surface area contributed by atoms with E-state index < -0.39 is 0 Å². The summed E-state index contributed by atoms with van der Waals surface area (Å²) in [5.41, 5.74) is 2.78. The van der Waals surface area contributed by atoms with E-state index in [0.29, 0.717) is 11.5 Å². The molecule has 0 amide bonds. The standard InChI is InChI=1S/C11H10N2O/c14-6-7-3-9-4-10(8-1-2-8)13-11(9)12-5-7/h3-6,8H,1-2H2,(H,12,13). The molecular formula is C11H10N2O. The Labute approximate surface area is 81.2 Å². The van der Waals surface area contributed by atoms with Gasteiger partial charge in [0.25, 0.3) is 0 Å². The predicted octanol–water partition coefficient (Wildman–Crippen LogP) is 2.25. The number of pyridine rings is 1. The molecule has 0 spiro atoms. The van der Waals surface area contributed by atoms with Crippen LogP contribution in [0.15, 0.2) is 18.3 Å². The van der Waals surface area contributed by atoms with Crippen LogP contribution in [-0.2, 0) is 0 Å². The van der Waals surface area contributed by atoms with Crippen LogP contribution in [0, 0.1) is 0 Å². The highest BCUT2D eigenvalue weighted by atomic mass is 16.1. The first-order valence-electron chi connectivity index (χ1n) is 4.80. The first-order chi connectivity index (χ1) is 6.86. The van der Waals surface area contributed by atoms with Crippen molar-refractivity contribution in [1.82, 2.24) is 9.97 Å². The van der Waals surface area contributed by atoms with Gasteiger partial charge in [-0.05, 0) is 30.9 Å². The lowest BCUT2D eigenvalue weighted by Crippen LogP contribution is -1.82. The van der Waals surface area contributed by atoms with E-state index in [0.717, 1.165) is 17.3 Å². The zero-order valence-electron chi connectivity index (χ0n) is 7.66. The minimum absolute atomic E-state index is 0.638. The summed E-state index contributed by atoms with van der Waals surface area (Å²) < 4.78 is 0. The maximum absolute atomic E-state index is 10.6. The molecular weight excluding hydrogens is 176 g/mol. The fourth-order valence-corrected chi connectivity index (χ4v) is 1.73. The summed E-state index contributed by atoms with van der Waals surface area (Å²) in [7, 11) is 0. The number of aromatic nitrogens is 2. The number of nitrogens with zero attached hydrogens (tertiary/aromatic N) is 1. The second-order valence-electron chi connectivity index (χ2n) is 3.82. The van der Waals surface area contributed by atoms with Crippen molar-refractivity contribution in [3.63, 3.8) is 0 Å². The fraction of sp³-hybridized carbons (Fsp3) is 0.273. The third-order valence-corrected chi connectivity index (χ3v) is 2.67. The quantitative estimate of drug-likeness (QED) is 0.731. The Morgan fingerprint density at radius 3 is 3.00 bits per heavy atom. The summed E-state index contributed by atoms with van der Waals surface area (Å²) in [6, 6.07) is 3.98. The molecule has 0 saturated heterocycles. The minimum atomic E-state index is 0.638. The van der Waals surface area contributed by atoms with Crippen molar-refractivity contribution in [3.05, 3.63) is 29.6 Å². The number of rotatable bonds is 2. The molecule has 1 fully saturated rings. The van der Waals surface area contributed by atoms with E-state index in [1.54, 1.807) is 6.20 Å². The van der Waals surface area contributed by atoms with Gasteiger partial charge in [-0.2, -0.15) is 0 Å². The Hall–Kier alpha value is -1.64. The average molecular weight is 186 g/mol. The van der Waals surface area contributed by atoms with Gasteiger partial charge in [-0.1, -0.05) is 0 Å². The lowest BCUT2D eigenvalue weighted by Gasteiger charge is -1.89. The summed E-state index contributed by atoms with van der Waals surface area (Å²) in [6.07, 6.45) is 4.97. The molecule has 1 saturated carbocycles. The van der Waals surface area contributed by atoms with Crippen molar-refractivity contribution in [1.29, 1.82) is 0 Å². The number of carbonyl (C=O) groups excluding carboxylic acids is 1. The molecule has 70 valence electrons. The van der Waals surface area contributed by atoms with Crippen LogP contribution in [0.4, 0.5) is 0 Å². The predicted molar refractivity (Wildman–Crippen MR) is 53.5 cm³/mol. The van der Waals surface area contributed by atoms with Gasteiger partial charge in [0.1, 0.15) is 5.65 Å². The molecule has 3 nitrogen and oxygen atoms in total. The van der Waals surface area contributed by atoms with Crippen LogP contribution in [-0.4, -0.2) is 16.3 Å². The summed E-state index contributed by atoms with van der Waals surface area (Å²) in [4.78, 5) is 18.0. The third kappa shape index (κ3) is 1.13. The van der Waals surface area contributed by atoms with Crippen molar-refractivity contribution in [2.45, 2.75) is 18.8 Å². The van der Waals surface area contributed by atoms with Gasteiger partial charge in [-0.15, -0.1) is 0 Å². The van der Waals surface area contributed by atoms with Crippen molar-refractivity contribution in [3.8, 4) is 0 Å². The second kappa shape index (κ2) is 2.67. The van der Waals surface area contributed by atoms with E-state index in [9.17, 15) is 4.79 Å². The highest BCUT2D eigenvalue weighted by Crippen LogP contribution is 2.40. The van der Waals surface area contributed by atoms with E-state index in [2.05, 4.69) is 16.0 Å². The van der Waals surface area contributed by atoms with Gasteiger partial charge in [-0.3, -0.25) is 4.79 Å². The molecule has 0 unspecified atom stereocenters. The molecule has 3 rings (SSSR count). The topological polar surface area (TPSA) is 45.8 Å². The first kappa shape index (κ1) is 7.74. The number of hydrogen-bond acceptors (Lipinski definition) is 2. The van der Waals surface area contributed by atoms with Crippen LogP contribution in [0.1, 0.15) is 34.8 Å². The highest BCUT2D eigenvalue weighted by molar-refractivity contribution is 5.84. The van der Waals surface area contributed by atoms with Crippen molar-refractivity contribution in [2.75, 3.05) is 0 Å². The van der Waals surface area contributed by atoms with E-state index in [4.69, 9.17) is 0 Å². The molecule has 1 aliphatic rings.